The maximum atomic E-state index is 13.6. The Morgan fingerprint density at radius 3 is 2.25 bits per heavy atom. The SMILES string of the molecule is Nc1cc(F)c(S(=O)(=O)NC2CCS(=O)(=O)C2)c(F)c1. The summed E-state index contributed by atoms with van der Waals surface area (Å²) >= 11 is 0. The van der Waals surface area contributed by atoms with E-state index >= 15 is 0 Å². The van der Waals surface area contributed by atoms with Gasteiger partial charge in [0.2, 0.25) is 10.0 Å². The van der Waals surface area contributed by atoms with Gasteiger partial charge < -0.3 is 5.73 Å². The van der Waals surface area contributed by atoms with Gasteiger partial charge in [0.25, 0.3) is 0 Å². The Hall–Kier alpha value is -1.26. The zero-order valence-corrected chi connectivity index (χ0v) is 11.8. The second-order valence-electron chi connectivity index (χ2n) is 4.53. The van der Waals surface area contributed by atoms with Crippen LogP contribution in [0.15, 0.2) is 17.0 Å². The number of anilines is 1. The van der Waals surface area contributed by atoms with Crippen molar-refractivity contribution in [1.29, 1.82) is 0 Å². The average Bonchev–Trinajstić information content (AvgIpc) is 2.54. The molecule has 1 heterocycles. The van der Waals surface area contributed by atoms with Gasteiger partial charge in [-0.1, -0.05) is 0 Å². The van der Waals surface area contributed by atoms with Crippen molar-refractivity contribution in [3.63, 3.8) is 0 Å². The third kappa shape index (κ3) is 3.07. The molecule has 1 fully saturated rings. The maximum Gasteiger partial charge on any atom is 0.246 e. The molecule has 1 aromatic carbocycles. The van der Waals surface area contributed by atoms with E-state index in [1.807, 2.05) is 4.72 Å². The van der Waals surface area contributed by atoms with Gasteiger partial charge in [-0.3, -0.25) is 0 Å². The fourth-order valence-corrected chi connectivity index (χ4v) is 5.17. The van der Waals surface area contributed by atoms with E-state index in [1.54, 1.807) is 0 Å². The molecule has 6 nitrogen and oxygen atoms in total. The maximum absolute atomic E-state index is 13.6. The lowest BCUT2D eigenvalue weighted by Crippen LogP contribution is -2.36. The van der Waals surface area contributed by atoms with Crippen LogP contribution in [0, 0.1) is 11.6 Å². The smallest absolute Gasteiger partial charge is 0.246 e. The lowest BCUT2D eigenvalue weighted by Gasteiger charge is -2.13. The van der Waals surface area contributed by atoms with Gasteiger partial charge in [0.15, 0.2) is 14.7 Å². The van der Waals surface area contributed by atoms with Crippen LogP contribution in [0.4, 0.5) is 14.5 Å². The first kappa shape index (κ1) is 15.1. The quantitative estimate of drug-likeness (QED) is 0.761. The van der Waals surface area contributed by atoms with Crippen LogP contribution in [0.1, 0.15) is 6.42 Å². The van der Waals surface area contributed by atoms with Crippen molar-refractivity contribution in [2.45, 2.75) is 17.4 Å². The summed E-state index contributed by atoms with van der Waals surface area (Å²) in [5.74, 6) is -3.19. The van der Waals surface area contributed by atoms with Gasteiger partial charge in [0.1, 0.15) is 11.6 Å². The third-order valence-corrected chi connectivity index (χ3v) is 6.18. The van der Waals surface area contributed by atoms with E-state index < -0.39 is 42.4 Å². The molecule has 1 aliphatic rings. The summed E-state index contributed by atoms with van der Waals surface area (Å²) in [6.45, 7) is 0. The minimum Gasteiger partial charge on any atom is -0.399 e. The average molecular weight is 326 g/mol. The minimum atomic E-state index is -4.49. The summed E-state index contributed by atoms with van der Waals surface area (Å²) in [6.07, 6.45) is 0.0692. The standard InChI is InChI=1S/C10H12F2N2O4S2/c11-8-3-6(13)4-9(12)10(8)20(17,18)14-7-1-2-19(15,16)5-7/h3-4,7,14H,1-2,5,13H2. The van der Waals surface area contributed by atoms with E-state index in [9.17, 15) is 25.6 Å². The van der Waals surface area contributed by atoms with Crippen molar-refractivity contribution in [1.82, 2.24) is 4.72 Å². The van der Waals surface area contributed by atoms with E-state index in [0.29, 0.717) is 12.1 Å². The summed E-state index contributed by atoms with van der Waals surface area (Å²) in [4.78, 5) is -1.16. The fraction of sp³-hybridized carbons (Fsp3) is 0.400. The molecule has 112 valence electrons. The summed E-state index contributed by atoms with van der Waals surface area (Å²) in [6, 6.07) is 0.479. The summed E-state index contributed by atoms with van der Waals surface area (Å²) in [5, 5.41) is 0. The van der Waals surface area contributed by atoms with Crippen LogP contribution in [0.3, 0.4) is 0 Å². The van der Waals surface area contributed by atoms with E-state index in [4.69, 9.17) is 5.73 Å². The Morgan fingerprint density at radius 2 is 1.80 bits per heavy atom. The number of halogens is 2. The normalized spacial score (nSPS) is 22.0. The second-order valence-corrected chi connectivity index (χ2v) is 8.41. The lowest BCUT2D eigenvalue weighted by molar-refractivity contribution is 0.509. The van der Waals surface area contributed by atoms with Gasteiger partial charge in [-0.2, -0.15) is 0 Å². The Morgan fingerprint density at radius 1 is 1.25 bits per heavy atom. The molecular weight excluding hydrogens is 314 g/mol. The van der Waals surface area contributed by atoms with Gasteiger partial charge in [-0.25, -0.2) is 30.3 Å². The van der Waals surface area contributed by atoms with Crippen molar-refractivity contribution in [2.75, 3.05) is 17.2 Å². The highest BCUT2D eigenvalue weighted by Crippen LogP contribution is 2.23. The van der Waals surface area contributed by atoms with Crippen molar-refractivity contribution < 1.29 is 25.6 Å². The first-order valence-electron chi connectivity index (χ1n) is 5.58. The molecule has 3 N–H and O–H groups in total. The molecule has 1 aliphatic heterocycles. The van der Waals surface area contributed by atoms with E-state index in [-0.39, 0.29) is 23.6 Å². The molecule has 1 atom stereocenters. The van der Waals surface area contributed by atoms with Gasteiger partial charge in [0.05, 0.1) is 11.5 Å². The number of nitrogen functional groups attached to an aromatic ring is 1. The Labute approximate surface area is 114 Å². The molecule has 10 heteroatoms. The molecule has 0 amide bonds. The molecule has 0 spiro atoms. The van der Waals surface area contributed by atoms with Crippen LogP contribution in [0.25, 0.3) is 0 Å². The minimum absolute atomic E-state index is 0.0692. The zero-order valence-electron chi connectivity index (χ0n) is 10.1. The molecule has 1 unspecified atom stereocenters. The molecule has 1 aromatic rings. The van der Waals surface area contributed by atoms with Crippen LogP contribution in [0.2, 0.25) is 0 Å². The predicted octanol–water partition coefficient (Wildman–Crippen LogP) is 0.0124. The molecule has 0 radical (unpaired) electrons. The predicted molar refractivity (Wildman–Crippen MR) is 68.2 cm³/mol. The van der Waals surface area contributed by atoms with E-state index in [2.05, 4.69) is 0 Å². The Bertz CT molecular complexity index is 724. The molecule has 20 heavy (non-hydrogen) atoms. The number of sulfone groups is 1. The summed E-state index contributed by atoms with van der Waals surface area (Å²) in [5.41, 5.74) is 4.95. The highest BCUT2D eigenvalue weighted by molar-refractivity contribution is 7.92. The summed E-state index contributed by atoms with van der Waals surface area (Å²) in [7, 11) is -7.80. The highest BCUT2D eigenvalue weighted by atomic mass is 32.2. The van der Waals surface area contributed by atoms with Crippen LogP contribution in [0.5, 0.6) is 0 Å². The lowest BCUT2D eigenvalue weighted by atomic mass is 10.3. The first-order chi connectivity index (χ1) is 9.11. The largest absolute Gasteiger partial charge is 0.399 e. The molecule has 0 saturated carbocycles. The number of hydrogen-bond donors (Lipinski definition) is 2. The Balaban J connectivity index is 2.33. The topological polar surface area (TPSA) is 106 Å². The zero-order chi connectivity index (χ0) is 15.1. The third-order valence-electron chi connectivity index (χ3n) is 2.84. The molecule has 0 aliphatic carbocycles. The van der Waals surface area contributed by atoms with Crippen molar-refractivity contribution in [3.8, 4) is 0 Å². The van der Waals surface area contributed by atoms with Crippen LogP contribution >= 0.6 is 0 Å². The summed E-state index contributed by atoms with van der Waals surface area (Å²) < 4.78 is 75.5. The second kappa shape index (κ2) is 4.93. The van der Waals surface area contributed by atoms with Gasteiger partial charge >= 0.3 is 0 Å². The van der Waals surface area contributed by atoms with E-state index in [0.717, 1.165) is 0 Å². The number of benzene rings is 1. The molecular formula is C10H12F2N2O4S2. The monoisotopic (exact) mass is 326 g/mol. The van der Waals surface area contributed by atoms with Crippen LogP contribution in [-0.2, 0) is 19.9 Å². The van der Waals surface area contributed by atoms with Crippen LogP contribution < -0.4 is 10.5 Å². The number of sulfonamides is 1. The van der Waals surface area contributed by atoms with Crippen molar-refractivity contribution >= 4 is 25.5 Å². The highest BCUT2D eigenvalue weighted by Gasteiger charge is 2.33. The number of nitrogens with one attached hydrogen (secondary N) is 1. The molecule has 2 rings (SSSR count). The number of nitrogens with two attached hydrogens (primary N) is 1. The fourth-order valence-electron chi connectivity index (χ4n) is 2.00. The van der Waals surface area contributed by atoms with Crippen molar-refractivity contribution in [3.05, 3.63) is 23.8 Å². The van der Waals surface area contributed by atoms with Crippen molar-refractivity contribution in [2.24, 2.45) is 0 Å². The molecule has 1 saturated heterocycles. The van der Waals surface area contributed by atoms with Crippen LogP contribution in [-0.4, -0.2) is 34.4 Å². The Kier molecular flexibility index (Phi) is 3.73. The van der Waals surface area contributed by atoms with Gasteiger partial charge in [-0.15, -0.1) is 0 Å². The van der Waals surface area contributed by atoms with Gasteiger partial charge in [0, 0.05) is 11.7 Å². The van der Waals surface area contributed by atoms with Gasteiger partial charge in [-0.05, 0) is 18.6 Å². The number of rotatable bonds is 3. The molecule has 0 aromatic heterocycles. The van der Waals surface area contributed by atoms with E-state index in [1.165, 1.54) is 0 Å². The number of hydrogen-bond acceptors (Lipinski definition) is 5. The first-order valence-corrected chi connectivity index (χ1v) is 8.88. The molecule has 0 bridgehead atoms.